The molecule has 0 saturated carbocycles. The molecular weight excluding hydrogens is 366 g/mol. The van der Waals surface area contributed by atoms with Crippen LogP contribution in [0.25, 0.3) is 0 Å². The van der Waals surface area contributed by atoms with Crippen molar-refractivity contribution in [1.82, 2.24) is 9.47 Å². The lowest BCUT2D eigenvalue weighted by atomic mass is 9.95. The van der Waals surface area contributed by atoms with E-state index >= 15 is 0 Å². The highest BCUT2D eigenvalue weighted by Crippen LogP contribution is 2.27. The normalized spacial score (nSPS) is 19.3. The van der Waals surface area contributed by atoms with Gasteiger partial charge in [-0.3, -0.25) is 4.79 Å². The van der Waals surface area contributed by atoms with E-state index in [0.29, 0.717) is 13.1 Å². The number of thiophene rings is 1. The van der Waals surface area contributed by atoms with Gasteiger partial charge in [0.25, 0.3) is 5.91 Å². The molecule has 0 unspecified atom stereocenters. The van der Waals surface area contributed by atoms with Gasteiger partial charge in [0.15, 0.2) is 0 Å². The van der Waals surface area contributed by atoms with E-state index in [2.05, 4.69) is 23.6 Å². The highest BCUT2D eigenvalue weighted by atomic mass is 35.5. The van der Waals surface area contributed by atoms with Crippen LogP contribution in [0.4, 0.5) is 0 Å². The van der Waals surface area contributed by atoms with Gasteiger partial charge < -0.3 is 15.2 Å². The predicted octanol–water partition coefficient (Wildman–Crippen LogP) is 3.59. The van der Waals surface area contributed by atoms with E-state index < -0.39 is 0 Å². The van der Waals surface area contributed by atoms with Crippen molar-refractivity contribution >= 4 is 29.7 Å². The molecule has 0 bridgehead atoms. The fraction of sp³-hybridized carbons (Fsp3) is 0.250. The number of carbonyl (C=O) groups is 1. The Morgan fingerprint density at radius 1 is 1.08 bits per heavy atom. The summed E-state index contributed by atoms with van der Waals surface area (Å²) < 4.78 is 2.02. The van der Waals surface area contributed by atoms with Crippen molar-refractivity contribution in [3.63, 3.8) is 0 Å². The summed E-state index contributed by atoms with van der Waals surface area (Å²) in [7, 11) is 0. The maximum absolute atomic E-state index is 13.0. The Kier molecular flexibility index (Phi) is 5.81. The van der Waals surface area contributed by atoms with Gasteiger partial charge in [-0.1, -0.05) is 36.4 Å². The lowest BCUT2D eigenvalue weighted by molar-refractivity contribution is 0.0779. The molecule has 1 aliphatic heterocycles. The standard InChI is InChI=1S/C20H21N3OS.ClH/c21-18-14-23(13-17(18)15-6-2-1-3-7-15)20(24)19-9-4-10-22(19)12-16-8-5-11-25-16;/h1-11,17-18H,12-14,21H2;1H/t17-,18+;/m0./s1. The van der Waals surface area contributed by atoms with E-state index in [9.17, 15) is 4.79 Å². The molecule has 136 valence electrons. The number of aromatic nitrogens is 1. The Balaban J connectivity index is 0.00000196. The van der Waals surface area contributed by atoms with Crippen LogP contribution < -0.4 is 5.73 Å². The van der Waals surface area contributed by atoms with Crippen LogP contribution in [-0.4, -0.2) is 34.5 Å². The molecule has 1 amide bonds. The molecule has 3 aromatic rings. The quantitative estimate of drug-likeness (QED) is 0.743. The zero-order valence-corrected chi connectivity index (χ0v) is 16.0. The minimum Gasteiger partial charge on any atom is -0.338 e. The molecule has 0 aliphatic carbocycles. The lowest BCUT2D eigenvalue weighted by Crippen LogP contribution is -2.33. The van der Waals surface area contributed by atoms with Crippen molar-refractivity contribution in [3.05, 3.63) is 82.3 Å². The van der Waals surface area contributed by atoms with Crippen molar-refractivity contribution in [2.45, 2.75) is 18.5 Å². The summed E-state index contributed by atoms with van der Waals surface area (Å²) in [4.78, 5) is 16.2. The third kappa shape index (κ3) is 3.70. The molecule has 0 spiro atoms. The molecule has 2 atom stereocenters. The average Bonchev–Trinajstić information content (AvgIpc) is 3.37. The highest BCUT2D eigenvalue weighted by molar-refractivity contribution is 7.09. The first kappa shape index (κ1) is 18.7. The summed E-state index contributed by atoms with van der Waals surface area (Å²) in [5.74, 6) is 0.265. The zero-order valence-electron chi connectivity index (χ0n) is 14.3. The Labute approximate surface area is 163 Å². The van der Waals surface area contributed by atoms with Gasteiger partial charge in [-0.05, 0) is 29.1 Å². The highest BCUT2D eigenvalue weighted by Gasteiger charge is 2.34. The number of halogens is 1. The van der Waals surface area contributed by atoms with E-state index in [-0.39, 0.29) is 30.3 Å². The fourth-order valence-corrected chi connectivity index (χ4v) is 4.23. The molecule has 26 heavy (non-hydrogen) atoms. The smallest absolute Gasteiger partial charge is 0.270 e. The molecule has 1 aromatic carbocycles. The third-order valence-corrected chi connectivity index (χ3v) is 5.70. The van der Waals surface area contributed by atoms with E-state index in [4.69, 9.17) is 5.73 Å². The van der Waals surface area contributed by atoms with E-state index in [1.165, 1.54) is 10.4 Å². The second-order valence-corrected chi connectivity index (χ2v) is 7.52. The second kappa shape index (κ2) is 8.08. The van der Waals surface area contributed by atoms with Gasteiger partial charge in [0.2, 0.25) is 0 Å². The molecule has 6 heteroatoms. The van der Waals surface area contributed by atoms with Gasteiger partial charge in [0.05, 0.1) is 6.54 Å². The van der Waals surface area contributed by atoms with Gasteiger partial charge in [0.1, 0.15) is 5.69 Å². The number of nitrogens with zero attached hydrogens (tertiary/aromatic N) is 2. The summed E-state index contributed by atoms with van der Waals surface area (Å²) in [6, 6.07) is 18.2. The minimum atomic E-state index is -0.0212. The maximum Gasteiger partial charge on any atom is 0.270 e. The molecule has 2 aromatic heterocycles. The average molecular weight is 388 g/mol. The molecule has 1 aliphatic rings. The summed E-state index contributed by atoms with van der Waals surface area (Å²) in [5, 5.41) is 2.06. The van der Waals surface area contributed by atoms with Crippen LogP contribution in [-0.2, 0) is 6.54 Å². The van der Waals surface area contributed by atoms with Crippen molar-refractivity contribution in [1.29, 1.82) is 0 Å². The number of benzene rings is 1. The number of carbonyl (C=O) groups excluding carboxylic acids is 1. The van der Waals surface area contributed by atoms with Crippen molar-refractivity contribution in [3.8, 4) is 0 Å². The number of likely N-dealkylation sites (tertiary alicyclic amines) is 1. The largest absolute Gasteiger partial charge is 0.338 e. The Bertz CT molecular complexity index is 847. The van der Waals surface area contributed by atoms with Crippen molar-refractivity contribution in [2.24, 2.45) is 5.73 Å². The van der Waals surface area contributed by atoms with Crippen molar-refractivity contribution < 1.29 is 4.79 Å². The van der Waals surface area contributed by atoms with Crippen LogP contribution in [0.5, 0.6) is 0 Å². The Morgan fingerprint density at radius 2 is 1.88 bits per heavy atom. The molecule has 0 radical (unpaired) electrons. The van der Waals surface area contributed by atoms with Crippen LogP contribution in [0, 0.1) is 0 Å². The monoisotopic (exact) mass is 387 g/mol. The molecule has 4 nitrogen and oxygen atoms in total. The third-order valence-electron chi connectivity index (χ3n) is 4.83. The predicted molar refractivity (Wildman–Crippen MR) is 108 cm³/mol. The maximum atomic E-state index is 13.0. The lowest BCUT2D eigenvalue weighted by Gasteiger charge is -2.18. The first-order valence-corrected chi connectivity index (χ1v) is 9.37. The van der Waals surface area contributed by atoms with Gasteiger partial charge in [-0.15, -0.1) is 23.7 Å². The Hall–Kier alpha value is -2.08. The molecule has 1 fully saturated rings. The number of hydrogen-bond donors (Lipinski definition) is 1. The van der Waals surface area contributed by atoms with Crippen LogP contribution in [0.2, 0.25) is 0 Å². The molecule has 1 saturated heterocycles. The summed E-state index contributed by atoms with van der Waals surface area (Å²) in [5.41, 5.74) is 8.28. The van der Waals surface area contributed by atoms with Gasteiger partial charge in [0, 0.05) is 36.1 Å². The van der Waals surface area contributed by atoms with Gasteiger partial charge in [-0.25, -0.2) is 0 Å². The second-order valence-electron chi connectivity index (χ2n) is 6.49. The number of rotatable bonds is 4. The SMILES string of the molecule is Cl.N[C@@H]1CN(C(=O)c2cccn2Cc2cccs2)C[C@H]1c1ccccc1. The first-order valence-electron chi connectivity index (χ1n) is 8.49. The number of hydrogen-bond acceptors (Lipinski definition) is 3. The van der Waals surface area contributed by atoms with Crippen LogP contribution in [0.15, 0.2) is 66.2 Å². The van der Waals surface area contributed by atoms with Gasteiger partial charge in [-0.2, -0.15) is 0 Å². The molecule has 2 N–H and O–H groups in total. The van der Waals surface area contributed by atoms with Crippen LogP contribution in [0.3, 0.4) is 0 Å². The summed E-state index contributed by atoms with van der Waals surface area (Å²) in [6.07, 6.45) is 1.97. The fourth-order valence-electron chi connectivity index (χ4n) is 3.53. The molecular formula is C20H22ClN3OS. The van der Waals surface area contributed by atoms with Crippen LogP contribution in [0.1, 0.15) is 26.8 Å². The first-order chi connectivity index (χ1) is 12.2. The van der Waals surface area contributed by atoms with E-state index in [1.807, 2.05) is 52.1 Å². The zero-order chi connectivity index (χ0) is 17.2. The van der Waals surface area contributed by atoms with E-state index in [0.717, 1.165) is 12.2 Å². The van der Waals surface area contributed by atoms with Gasteiger partial charge >= 0.3 is 0 Å². The number of nitrogens with two attached hydrogens (primary N) is 1. The topological polar surface area (TPSA) is 51.3 Å². The van der Waals surface area contributed by atoms with Crippen LogP contribution >= 0.6 is 23.7 Å². The minimum absolute atomic E-state index is 0. The number of amides is 1. The van der Waals surface area contributed by atoms with E-state index in [1.54, 1.807) is 11.3 Å². The summed E-state index contributed by atoms with van der Waals surface area (Å²) in [6.45, 7) is 2.00. The Morgan fingerprint density at radius 3 is 2.62 bits per heavy atom. The summed E-state index contributed by atoms with van der Waals surface area (Å²) >= 11 is 1.71. The van der Waals surface area contributed by atoms with Crippen molar-refractivity contribution in [2.75, 3.05) is 13.1 Å². The molecule has 3 heterocycles. The molecule has 4 rings (SSSR count).